The van der Waals surface area contributed by atoms with Crippen molar-refractivity contribution in [1.82, 2.24) is 4.90 Å². The van der Waals surface area contributed by atoms with E-state index >= 15 is 0 Å². The second-order valence-electron chi connectivity index (χ2n) is 7.71. The summed E-state index contributed by atoms with van der Waals surface area (Å²) < 4.78 is 5.40. The topological polar surface area (TPSA) is 63.7 Å². The standard InChI is InChI=1S/C17H23NO4/c1-11-9-12(19)5-8-18(11)13(20)17-7-6-16(4,15(17,2)3)10-22-14(17)21/h5,8,11H,6-7,9-10H2,1-4H3/t11-,16-,17-/m0/s1. The van der Waals surface area contributed by atoms with Gasteiger partial charge in [0.05, 0.1) is 6.61 Å². The van der Waals surface area contributed by atoms with E-state index in [9.17, 15) is 14.4 Å². The summed E-state index contributed by atoms with van der Waals surface area (Å²) >= 11 is 0. The number of fused-ring (bicyclic) bond motifs is 2. The van der Waals surface area contributed by atoms with Gasteiger partial charge in [0.25, 0.3) is 0 Å². The molecule has 0 aromatic heterocycles. The monoisotopic (exact) mass is 305 g/mol. The Kier molecular flexibility index (Phi) is 3.07. The molecule has 5 heteroatoms. The fourth-order valence-corrected chi connectivity index (χ4v) is 4.28. The number of carbonyl (C=O) groups excluding carboxylic acids is 3. The summed E-state index contributed by atoms with van der Waals surface area (Å²) in [7, 11) is 0. The summed E-state index contributed by atoms with van der Waals surface area (Å²) in [6, 6.07) is -0.225. The summed E-state index contributed by atoms with van der Waals surface area (Å²) in [6.07, 6.45) is 4.55. The number of esters is 1. The van der Waals surface area contributed by atoms with E-state index in [2.05, 4.69) is 6.92 Å². The largest absolute Gasteiger partial charge is 0.464 e. The van der Waals surface area contributed by atoms with Gasteiger partial charge >= 0.3 is 5.97 Å². The van der Waals surface area contributed by atoms with Crippen molar-refractivity contribution in [2.45, 2.75) is 53.0 Å². The molecule has 2 fully saturated rings. The minimum atomic E-state index is -1.14. The van der Waals surface area contributed by atoms with Crippen LogP contribution >= 0.6 is 0 Å². The summed E-state index contributed by atoms with van der Waals surface area (Å²) in [6.45, 7) is 8.31. The maximum absolute atomic E-state index is 13.3. The van der Waals surface area contributed by atoms with E-state index < -0.39 is 16.8 Å². The molecule has 2 heterocycles. The summed E-state index contributed by atoms with van der Waals surface area (Å²) in [4.78, 5) is 39.0. The van der Waals surface area contributed by atoms with E-state index in [1.807, 2.05) is 20.8 Å². The highest BCUT2D eigenvalue weighted by atomic mass is 16.5. The Morgan fingerprint density at radius 2 is 1.95 bits per heavy atom. The van der Waals surface area contributed by atoms with Crippen molar-refractivity contribution < 1.29 is 19.1 Å². The minimum absolute atomic E-state index is 0.00999. The molecular weight excluding hydrogens is 282 g/mol. The normalized spacial score (nSPS) is 39.8. The minimum Gasteiger partial charge on any atom is -0.464 e. The van der Waals surface area contributed by atoms with Gasteiger partial charge in [0, 0.05) is 24.1 Å². The highest BCUT2D eigenvalue weighted by molar-refractivity contribution is 6.06. The molecule has 3 atom stereocenters. The molecule has 0 spiro atoms. The predicted molar refractivity (Wildman–Crippen MR) is 79.6 cm³/mol. The van der Waals surface area contributed by atoms with Gasteiger partial charge in [-0.05, 0) is 31.3 Å². The number of rotatable bonds is 1. The van der Waals surface area contributed by atoms with Crippen LogP contribution in [0.3, 0.4) is 0 Å². The summed E-state index contributed by atoms with van der Waals surface area (Å²) in [5, 5.41) is 0. The number of ketones is 1. The second kappa shape index (κ2) is 4.43. The Morgan fingerprint density at radius 1 is 1.27 bits per heavy atom. The van der Waals surface area contributed by atoms with Gasteiger partial charge in [0.1, 0.15) is 0 Å². The number of cyclic esters (lactones) is 1. The van der Waals surface area contributed by atoms with Crippen LogP contribution in [0.25, 0.3) is 0 Å². The highest BCUT2D eigenvalue weighted by Crippen LogP contribution is 2.66. The third-order valence-electron chi connectivity index (χ3n) is 6.49. The first kappa shape index (κ1) is 15.3. The zero-order chi connectivity index (χ0) is 16.3. The molecule has 120 valence electrons. The highest BCUT2D eigenvalue weighted by Gasteiger charge is 2.72. The van der Waals surface area contributed by atoms with Crippen LogP contribution in [0.15, 0.2) is 12.3 Å². The van der Waals surface area contributed by atoms with Crippen molar-refractivity contribution in [3.63, 3.8) is 0 Å². The van der Waals surface area contributed by atoms with Gasteiger partial charge in [0.15, 0.2) is 11.2 Å². The van der Waals surface area contributed by atoms with Crippen LogP contribution in [-0.2, 0) is 19.1 Å². The van der Waals surface area contributed by atoms with Crippen LogP contribution in [-0.4, -0.2) is 35.2 Å². The molecule has 0 aromatic carbocycles. The Bertz CT molecular complexity index is 593. The molecule has 22 heavy (non-hydrogen) atoms. The van der Waals surface area contributed by atoms with Gasteiger partial charge in [-0.2, -0.15) is 0 Å². The fraction of sp³-hybridized carbons (Fsp3) is 0.706. The van der Waals surface area contributed by atoms with Crippen molar-refractivity contribution >= 4 is 17.7 Å². The van der Waals surface area contributed by atoms with Gasteiger partial charge in [0.2, 0.25) is 5.91 Å². The first-order valence-corrected chi connectivity index (χ1v) is 7.87. The number of nitrogens with zero attached hydrogens (tertiary/aromatic N) is 1. The van der Waals surface area contributed by atoms with Crippen molar-refractivity contribution in [1.29, 1.82) is 0 Å². The predicted octanol–water partition coefficient (Wildman–Crippen LogP) is 2.06. The molecule has 1 amide bonds. The van der Waals surface area contributed by atoms with Crippen LogP contribution in [0, 0.1) is 16.2 Å². The second-order valence-corrected chi connectivity index (χ2v) is 7.71. The quantitative estimate of drug-likeness (QED) is 0.549. The summed E-state index contributed by atoms with van der Waals surface area (Å²) in [5.74, 6) is -0.618. The van der Waals surface area contributed by atoms with E-state index in [1.54, 1.807) is 4.90 Å². The Hall–Kier alpha value is -1.65. The maximum Gasteiger partial charge on any atom is 0.322 e. The average Bonchev–Trinajstić information content (AvgIpc) is 2.55. The lowest BCUT2D eigenvalue weighted by Crippen LogP contribution is -2.61. The number of amides is 1. The Labute approximate surface area is 130 Å². The fourth-order valence-electron chi connectivity index (χ4n) is 4.28. The third-order valence-corrected chi connectivity index (χ3v) is 6.49. The first-order chi connectivity index (χ1) is 10.2. The molecule has 2 aliphatic heterocycles. The molecule has 1 aliphatic carbocycles. The van der Waals surface area contributed by atoms with Gasteiger partial charge in [-0.25, -0.2) is 0 Å². The molecule has 1 saturated carbocycles. The van der Waals surface area contributed by atoms with Crippen molar-refractivity contribution in [2.24, 2.45) is 16.2 Å². The van der Waals surface area contributed by atoms with Crippen molar-refractivity contribution in [3.8, 4) is 0 Å². The maximum atomic E-state index is 13.3. The lowest BCUT2D eigenvalue weighted by Gasteiger charge is -2.51. The molecule has 3 aliphatic rings. The van der Waals surface area contributed by atoms with Gasteiger partial charge < -0.3 is 9.64 Å². The lowest BCUT2D eigenvalue weighted by molar-refractivity contribution is -0.193. The zero-order valence-electron chi connectivity index (χ0n) is 13.6. The molecule has 0 radical (unpaired) electrons. The SMILES string of the molecule is C[C@H]1CC(=O)C=CN1C(=O)[C@@]12CC[C@@](C)(COC1=O)C2(C)C. The molecule has 3 rings (SSSR count). The third kappa shape index (κ3) is 1.62. The number of ether oxygens (including phenoxy) is 1. The van der Waals surface area contributed by atoms with E-state index in [0.717, 1.165) is 6.42 Å². The van der Waals surface area contributed by atoms with Crippen LogP contribution < -0.4 is 0 Å². The van der Waals surface area contributed by atoms with Gasteiger partial charge in [-0.1, -0.05) is 20.8 Å². The zero-order valence-corrected chi connectivity index (χ0v) is 13.6. The Morgan fingerprint density at radius 3 is 2.59 bits per heavy atom. The first-order valence-electron chi connectivity index (χ1n) is 7.87. The van der Waals surface area contributed by atoms with Crippen molar-refractivity contribution in [3.05, 3.63) is 12.3 Å². The number of hydrogen-bond acceptors (Lipinski definition) is 4. The average molecular weight is 305 g/mol. The number of carbonyl (C=O) groups is 3. The number of hydrogen-bond donors (Lipinski definition) is 0. The summed E-state index contributed by atoms with van der Waals surface area (Å²) in [5.41, 5.74) is -1.80. The van der Waals surface area contributed by atoms with Crippen LogP contribution in [0.1, 0.15) is 47.0 Å². The smallest absolute Gasteiger partial charge is 0.322 e. The molecule has 2 bridgehead atoms. The van der Waals surface area contributed by atoms with E-state index in [-0.39, 0.29) is 23.1 Å². The van der Waals surface area contributed by atoms with Crippen molar-refractivity contribution in [2.75, 3.05) is 6.61 Å². The molecule has 5 nitrogen and oxygen atoms in total. The van der Waals surface area contributed by atoms with Crippen LogP contribution in [0.5, 0.6) is 0 Å². The van der Waals surface area contributed by atoms with E-state index in [1.165, 1.54) is 12.3 Å². The van der Waals surface area contributed by atoms with E-state index in [4.69, 9.17) is 4.74 Å². The van der Waals surface area contributed by atoms with Crippen LogP contribution in [0.4, 0.5) is 0 Å². The Balaban J connectivity index is 2.05. The van der Waals surface area contributed by atoms with Gasteiger partial charge in [-0.15, -0.1) is 0 Å². The molecule has 1 saturated heterocycles. The van der Waals surface area contributed by atoms with Crippen LogP contribution in [0.2, 0.25) is 0 Å². The number of allylic oxidation sites excluding steroid dienone is 1. The lowest BCUT2D eigenvalue weighted by atomic mass is 9.57. The molecular formula is C17H23NO4. The molecule has 0 unspecified atom stereocenters. The van der Waals surface area contributed by atoms with Gasteiger partial charge in [-0.3, -0.25) is 14.4 Å². The molecule has 0 N–H and O–H groups in total. The van der Waals surface area contributed by atoms with E-state index in [0.29, 0.717) is 19.4 Å². The molecule has 0 aromatic rings.